The summed E-state index contributed by atoms with van der Waals surface area (Å²) in [7, 11) is 1.53. The second-order valence-electron chi connectivity index (χ2n) is 3.13. The van der Waals surface area contributed by atoms with E-state index in [0.29, 0.717) is 11.3 Å². The van der Waals surface area contributed by atoms with Crippen LogP contribution in [0.1, 0.15) is 21.5 Å². The van der Waals surface area contributed by atoms with Crippen molar-refractivity contribution in [3.8, 4) is 5.75 Å². The molecule has 0 fully saturated rings. The SMILES string of the molecule is COc1cc(C)cc(C)c1C(=O)NN. The second-order valence-corrected chi connectivity index (χ2v) is 3.13. The summed E-state index contributed by atoms with van der Waals surface area (Å²) in [6, 6.07) is 3.71. The quantitative estimate of drug-likeness (QED) is 0.418. The summed E-state index contributed by atoms with van der Waals surface area (Å²) >= 11 is 0. The number of rotatable bonds is 2. The van der Waals surface area contributed by atoms with Gasteiger partial charge in [0.2, 0.25) is 0 Å². The van der Waals surface area contributed by atoms with Gasteiger partial charge in [-0.1, -0.05) is 6.07 Å². The molecule has 0 saturated carbocycles. The molecule has 1 aromatic rings. The van der Waals surface area contributed by atoms with Gasteiger partial charge in [-0.2, -0.15) is 0 Å². The van der Waals surface area contributed by atoms with Crippen LogP contribution in [0.25, 0.3) is 0 Å². The number of benzene rings is 1. The second kappa shape index (κ2) is 4.11. The summed E-state index contributed by atoms with van der Waals surface area (Å²) < 4.78 is 5.11. The largest absolute Gasteiger partial charge is 0.496 e. The van der Waals surface area contributed by atoms with E-state index in [1.54, 1.807) is 6.07 Å². The van der Waals surface area contributed by atoms with Crippen molar-refractivity contribution < 1.29 is 9.53 Å². The summed E-state index contributed by atoms with van der Waals surface area (Å²) in [5.41, 5.74) is 4.48. The highest BCUT2D eigenvalue weighted by Gasteiger charge is 2.14. The lowest BCUT2D eigenvalue weighted by Crippen LogP contribution is -2.31. The highest BCUT2D eigenvalue weighted by atomic mass is 16.5. The van der Waals surface area contributed by atoms with E-state index in [9.17, 15) is 4.79 Å². The van der Waals surface area contributed by atoms with Gasteiger partial charge in [-0.15, -0.1) is 0 Å². The molecule has 0 unspecified atom stereocenters. The summed E-state index contributed by atoms with van der Waals surface area (Å²) in [4.78, 5) is 11.4. The molecule has 0 aliphatic carbocycles. The van der Waals surface area contributed by atoms with Gasteiger partial charge < -0.3 is 4.74 Å². The van der Waals surface area contributed by atoms with E-state index in [1.807, 2.05) is 19.9 Å². The van der Waals surface area contributed by atoms with E-state index >= 15 is 0 Å². The number of hydrogen-bond donors (Lipinski definition) is 2. The maximum atomic E-state index is 11.4. The average Bonchev–Trinajstić information content (AvgIpc) is 2.15. The molecular formula is C10H14N2O2. The molecule has 0 aliphatic rings. The van der Waals surface area contributed by atoms with Gasteiger partial charge in [0.05, 0.1) is 12.7 Å². The number of aryl methyl sites for hydroxylation is 2. The van der Waals surface area contributed by atoms with Crippen LogP contribution in [0.2, 0.25) is 0 Å². The molecule has 1 rings (SSSR count). The highest BCUT2D eigenvalue weighted by Crippen LogP contribution is 2.23. The normalized spacial score (nSPS) is 9.71. The van der Waals surface area contributed by atoms with Crippen molar-refractivity contribution in [2.24, 2.45) is 5.84 Å². The van der Waals surface area contributed by atoms with Crippen molar-refractivity contribution >= 4 is 5.91 Å². The van der Waals surface area contributed by atoms with Crippen LogP contribution in [0.5, 0.6) is 5.75 Å². The number of nitrogens with one attached hydrogen (secondary N) is 1. The Balaban J connectivity index is 3.32. The maximum absolute atomic E-state index is 11.4. The first kappa shape index (κ1) is 10.5. The first-order valence-corrected chi connectivity index (χ1v) is 4.26. The van der Waals surface area contributed by atoms with E-state index in [1.165, 1.54) is 7.11 Å². The number of amides is 1. The third-order valence-corrected chi connectivity index (χ3v) is 2.02. The van der Waals surface area contributed by atoms with Crippen LogP contribution in [0.4, 0.5) is 0 Å². The average molecular weight is 194 g/mol. The molecule has 0 aromatic heterocycles. The lowest BCUT2D eigenvalue weighted by atomic mass is 10.0. The third-order valence-electron chi connectivity index (χ3n) is 2.02. The molecule has 76 valence electrons. The third kappa shape index (κ3) is 1.85. The number of methoxy groups -OCH3 is 1. The Morgan fingerprint density at radius 2 is 2.07 bits per heavy atom. The van der Waals surface area contributed by atoms with Crippen LogP contribution in [-0.2, 0) is 0 Å². The topological polar surface area (TPSA) is 64.3 Å². The molecule has 0 atom stereocenters. The van der Waals surface area contributed by atoms with Crippen molar-refractivity contribution in [2.75, 3.05) is 7.11 Å². The standard InChI is InChI=1S/C10H14N2O2/c1-6-4-7(2)9(10(13)12-11)8(5-6)14-3/h4-5H,11H2,1-3H3,(H,12,13). The number of ether oxygens (including phenoxy) is 1. The zero-order valence-electron chi connectivity index (χ0n) is 8.55. The van der Waals surface area contributed by atoms with Gasteiger partial charge in [-0.25, -0.2) is 5.84 Å². The molecule has 0 aliphatic heterocycles. The number of carbonyl (C=O) groups excluding carboxylic acids is 1. The van der Waals surface area contributed by atoms with E-state index < -0.39 is 0 Å². The molecule has 4 nitrogen and oxygen atoms in total. The molecular weight excluding hydrogens is 180 g/mol. The number of nitrogens with two attached hydrogens (primary N) is 1. The first-order chi connectivity index (χ1) is 6.60. The Morgan fingerprint density at radius 1 is 1.43 bits per heavy atom. The van der Waals surface area contributed by atoms with Crippen molar-refractivity contribution in [1.29, 1.82) is 0 Å². The monoisotopic (exact) mass is 194 g/mol. The minimum Gasteiger partial charge on any atom is -0.496 e. The van der Waals surface area contributed by atoms with Gasteiger partial charge in [0.1, 0.15) is 5.75 Å². The Kier molecular flexibility index (Phi) is 3.09. The van der Waals surface area contributed by atoms with Gasteiger partial charge in [-0.05, 0) is 31.0 Å². The van der Waals surface area contributed by atoms with Crippen molar-refractivity contribution in [3.63, 3.8) is 0 Å². The van der Waals surface area contributed by atoms with Gasteiger partial charge >= 0.3 is 0 Å². The number of hydrogen-bond acceptors (Lipinski definition) is 3. The van der Waals surface area contributed by atoms with E-state index in [-0.39, 0.29) is 5.91 Å². The predicted molar refractivity (Wildman–Crippen MR) is 54.1 cm³/mol. The van der Waals surface area contributed by atoms with Crippen molar-refractivity contribution in [3.05, 3.63) is 28.8 Å². The Bertz CT molecular complexity index is 361. The van der Waals surface area contributed by atoms with Gasteiger partial charge in [0.15, 0.2) is 0 Å². The lowest BCUT2D eigenvalue weighted by Gasteiger charge is -2.11. The number of nitrogen functional groups attached to an aromatic ring is 1. The molecule has 0 saturated heterocycles. The smallest absolute Gasteiger partial charge is 0.269 e. The van der Waals surface area contributed by atoms with Gasteiger partial charge in [0, 0.05) is 0 Å². The molecule has 1 amide bonds. The van der Waals surface area contributed by atoms with Crippen LogP contribution in [0, 0.1) is 13.8 Å². The van der Waals surface area contributed by atoms with Crippen molar-refractivity contribution in [1.82, 2.24) is 5.43 Å². The van der Waals surface area contributed by atoms with Crippen LogP contribution in [-0.4, -0.2) is 13.0 Å². The molecule has 3 N–H and O–H groups in total. The molecule has 0 heterocycles. The lowest BCUT2D eigenvalue weighted by molar-refractivity contribution is 0.0950. The van der Waals surface area contributed by atoms with Crippen molar-refractivity contribution in [2.45, 2.75) is 13.8 Å². The molecule has 14 heavy (non-hydrogen) atoms. The van der Waals surface area contributed by atoms with E-state index in [0.717, 1.165) is 11.1 Å². The van der Waals surface area contributed by atoms with Crippen LogP contribution in [0.3, 0.4) is 0 Å². The molecule has 1 aromatic carbocycles. The molecule has 4 heteroatoms. The Hall–Kier alpha value is -1.55. The minimum atomic E-state index is -0.334. The van der Waals surface area contributed by atoms with Crippen LogP contribution >= 0.6 is 0 Å². The molecule has 0 radical (unpaired) electrons. The fraction of sp³-hybridized carbons (Fsp3) is 0.300. The first-order valence-electron chi connectivity index (χ1n) is 4.26. The van der Waals surface area contributed by atoms with E-state index in [2.05, 4.69) is 5.43 Å². The molecule has 0 spiro atoms. The van der Waals surface area contributed by atoms with E-state index in [4.69, 9.17) is 10.6 Å². The Labute approximate surface area is 83.0 Å². The number of carbonyl (C=O) groups is 1. The zero-order valence-corrected chi connectivity index (χ0v) is 8.55. The fourth-order valence-corrected chi connectivity index (χ4v) is 1.45. The molecule has 0 bridgehead atoms. The van der Waals surface area contributed by atoms with Crippen LogP contribution in [0.15, 0.2) is 12.1 Å². The summed E-state index contributed by atoms with van der Waals surface area (Å²) in [6.45, 7) is 3.79. The highest BCUT2D eigenvalue weighted by molar-refractivity contribution is 5.98. The number of hydrazine groups is 1. The predicted octanol–water partition coefficient (Wildman–Crippen LogP) is 0.916. The van der Waals surface area contributed by atoms with Gasteiger partial charge in [-0.3, -0.25) is 10.2 Å². The summed E-state index contributed by atoms with van der Waals surface area (Å²) in [6.07, 6.45) is 0. The van der Waals surface area contributed by atoms with Gasteiger partial charge in [0.25, 0.3) is 5.91 Å². The summed E-state index contributed by atoms with van der Waals surface area (Å²) in [5, 5.41) is 0. The Morgan fingerprint density at radius 3 is 2.57 bits per heavy atom. The van der Waals surface area contributed by atoms with Crippen LogP contribution < -0.4 is 16.0 Å². The maximum Gasteiger partial charge on any atom is 0.269 e. The minimum absolute atomic E-state index is 0.334. The fourth-order valence-electron chi connectivity index (χ4n) is 1.45. The summed E-state index contributed by atoms with van der Waals surface area (Å²) in [5.74, 6) is 5.29. The zero-order chi connectivity index (χ0) is 10.7.